The van der Waals surface area contributed by atoms with Crippen molar-refractivity contribution in [3.05, 3.63) is 16.6 Å². The molecule has 0 saturated heterocycles. The van der Waals surface area contributed by atoms with E-state index in [9.17, 15) is 4.79 Å². The molecule has 14 heavy (non-hydrogen) atoms. The number of thiazole rings is 1. The van der Waals surface area contributed by atoms with Crippen molar-refractivity contribution in [2.45, 2.75) is 19.3 Å². The van der Waals surface area contributed by atoms with Gasteiger partial charge in [-0.15, -0.1) is 11.3 Å². The Morgan fingerprint density at radius 3 is 3.07 bits per heavy atom. The summed E-state index contributed by atoms with van der Waals surface area (Å²) in [5.74, 6) is -0.730. The van der Waals surface area contributed by atoms with Gasteiger partial charge in [-0.3, -0.25) is 4.79 Å². The first kappa shape index (κ1) is 11.1. The standard InChI is InChI=1S/C9H14N2O2S/c12-9(13)2-1-4-10-5-3-8-11-6-7-14-8/h6-7,10H,1-5H2,(H,12,13). The lowest BCUT2D eigenvalue weighted by Gasteiger charge is -2.00. The third-order valence-corrected chi connectivity index (χ3v) is 2.58. The van der Waals surface area contributed by atoms with E-state index in [2.05, 4.69) is 10.3 Å². The molecule has 0 aliphatic rings. The molecule has 78 valence electrons. The van der Waals surface area contributed by atoms with Crippen molar-refractivity contribution < 1.29 is 9.90 Å². The molecule has 0 amide bonds. The molecule has 1 aromatic rings. The first-order valence-corrected chi connectivity index (χ1v) is 5.48. The molecule has 0 unspecified atom stereocenters. The Morgan fingerprint density at radius 1 is 1.57 bits per heavy atom. The van der Waals surface area contributed by atoms with Crippen LogP contribution in [0.1, 0.15) is 17.8 Å². The zero-order valence-corrected chi connectivity index (χ0v) is 8.72. The number of nitrogens with one attached hydrogen (secondary N) is 1. The molecule has 0 saturated carbocycles. The van der Waals surface area contributed by atoms with Crippen molar-refractivity contribution in [2.24, 2.45) is 0 Å². The van der Waals surface area contributed by atoms with Gasteiger partial charge < -0.3 is 10.4 Å². The molecule has 0 fully saturated rings. The van der Waals surface area contributed by atoms with Crippen molar-refractivity contribution in [3.8, 4) is 0 Å². The largest absolute Gasteiger partial charge is 0.481 e. The zero-order chi connectivity index (χ0) is 10.2. The Kier molecular flexibility index (Phi) is 5.17. The molecule has 0 bridgehead atoms. The fourth-order valence-electron chi connectivity index (χ4n) is 1.06. The number of hydrogen-bond acceptors (Lipinski definition) is 4. The Labute approximate surface area is 87.0 Å². The van der Waals surface area contributed by atoms with E-state index in [1.54, 1.807) is 17.5 Å². The molecule has 4 nitrogen and oxygen atoms in total. The van der Waals surface area contributed by atoms with Gasteiger partial charge in [0, 0.05) is 31.0 Å². The number of carboxylic acids is 1. The lowest BCUT2D eigenvalue weighted by molar-refractivity contribution is -0.137. The van der Waals surface area contributed by atoms with Crippen molar-refractivity contribution in [3.63, 3.8) is 0 Å². The smallest absolute Gasteiger partial charge is 0.303 e. The maximum atomic E-state index is 10.2. The highest BCUT2D eigenvalue weighted by molar-refractivity contribution is 7.09. The number of aliphatic carboxylic acids is 1. The molecular formula is C9H14N2O2S. The van der Waals surface area contributed by atoms with Crippen LogP contribution in [0.4, 0.5) is 0 Å². The predicted octanol–water partition coefficient (Wildman–Crippen LogP) is 1.14. The first-order valence-electron chi connectivity index (χ1n) is 4.60. The van der Waals surface area contributed by atoms with Crippen LogP contribution >= 0.6 is 11.3 Å². The number of nitrogens with zero attached hydrogens (tertiary/aromatic N) is 1. The molecule has 0 spiro atoms. The van der Waals surface area contributed by atoms with E-state index in [1.165, 1.54) is 0 Å². The SMILES string of the molecule is O=C(O)CCCNCCc1nccs1. The van der Waals surface area contributed by atoms with Gasteiger partial charge in [-0.05, 0) is 13.0 Å². The molecule has 0 aromatic carbocycles. The summed E-state index contributed by atoms with van der Waals surface area (Å²) < 4.78 is 0. The van der Waals surface area contributed by atoms with E-state index >= 15 is 0 Å². The van der Waals surface area contributed by atoms with Gasteiger partial charge in [0.05, 0.1) is 5.01 Å². The highest BCUT2D eigenvalue weighted by atomic mass is 32.1. The zero-order valence-electron chi connectivity index (χ0n) is 7.90. The van der Waals surface area contributed by atoms with E-state index in [0.717, 1.165) is 24.5 Å². The topological polar surface area (TPSA) is 62.2 Å². The molecule has 0 atom stereocenters. The Hall–Kier alpha value is -0.940. The second-order valence-corrected chi connectivity index (χ2v) is 3.90. The quantitative estimate of drug-likeness (QED) is 0.668. The first-order chi connectivity index (χ1) is 6.79. The van der Waals surface area contributed by atoms with Crippen LogP contribution in [0.2, 0.25) is 0 Å². The molecule has 0 aliphatic carbocycles. The molecule has 2 N–H and O–H groups in total. The van der Waals surface area contributed by atoms with Crippen LogP contribution in [0.3, 0.4) is 0 Å². The third kappa shape index (κ3) is 4.94. The number of aromatic nitrogens is 1. The molecule has 0 radical (unpaired) electrons. The summed E-state index contributed by atoms with van der Waals surface area (Å²) in [4.78, 5) is 14.3. The van der Waals surface area contributed by atoms with Crippen molar-refractivity contribution in [1.82, 2.24) is 10.3 Å². The minimum atomic E-state index is -0.730. The second-order valence-electron chi connectivity index (χ2n) is 2.92. The molecular weight excluding hydrogens is 200 g/mol. The summed E-state index contributed by atoms with van der Waals surface area (Å²) in [6.45, 7) is 1.63. The van der Waals surface area contributed by atoms with Gasteiger partial charge in [-0.25, -0.2) is 4.98 Å². The van der Waals surface area contributed by atoms with Crippen LogP contribution in [0, 0.1) is 0 Å². The normalized spacial score (nSPS) is 10.3. The van der Waals surface area contributed by atoms with Crippen LogP contribution in [0.5, 0.6) is 0 Å². The van der Waals surface area contributed by atoms with Crippen LogP contribution in [0.15, 0.2) is 11.6 Å². The summed E-state index contributed by atoms with van der Waals surface area (Å²) >= 11 is 1.65. The van der Waals surface area contributed by atoms with Crippen LogP contribution in [0.25, 0.3) is 0 Å². The van der Waals surface area contributed by atoms with Gasteiger partial charge in [0.1, 0.15) is 0 Å². The van der Waals surface area contributed by atoms with Crippen molar-refractivity contribution >= 4 is 17.3 Å². The number of rotatable bonds is 7. The average molecular weight is 214 g/mol. The van der Waals surface area contributed by atoms with Crippen LogP contribution in [-0.2, 0) is 11.2 Å². The van der Waals surface area contributed by atoms with E-state index in [4.69, 9.17) is 5.11 Å². The van der Waals surface area contributed by atoms with Gasteiger partial charge in [0.25, 0.3) is 0 Å². The van der Waals surface area contributed by atoms with Gasteiger partial charge in [-0.2, -0.15) is 0 Å². The monoisotopic (exact) mass is 214 g/mol. The van der Waals surface area contributed by atoms with Gasteiger partial charge in [0.15, 0.2) is 0 Å². The highest BCUT2D eigenvalue weighted by Gasteiger charge is 1.97. The molecule has 1 rings (SSSR count). The number of carboxylic acid groups (broad SMARTS) is 1. The number of carbonyl (C=O) groups is 1. The van der Waals surface area contributed by atoms with Crippen LogP contribution in [-0.4, -0.2) is 29.1 Å². The summed E-state index contributed by atoms with van der Waals surface area (Å²) in [7, 11) is 0. The lowest BCUT2D eigenvalue weighted by atomic mass is 10.3. The number of hydrogen-bond donors (Lipinski definition) is 2. The van der Waals surface area contributed by atoms with Crippen molar-refractivity contribution in [1.29, 1.82) is 0 Å². The van der Waals surface area contributed by atoms with E-state index < -0.39 is 5.97 Å². The highest BCUT2D eigenvalue weighted by Crippen LogP contribution is 2.03. The molecule has 0 aliphatic heterocycles. The molecule has 5 heteroatoms. The minimum Gasteiger partial charge on any atom is -0.481 e. The Morgan fingerprint density at radius 2 is 2.43 bits per heavy atom. The predicted molar refractivity (Wildman–Crippen MR) is 55.6 cm³/mol. The fourth-order valence-corrected chi connectivity index (χ4v) is 1.68. The van der Waals surface area contributed by atoms with Crippen molar-refractivity contribution in [2.75, 3.05) is 13.1 Å². The molecule has 1 aromatic heterocycles. The summed E-state index contributed by atoms with van der Waals surface area (Å²) in [6.07, 6.45) is 3.65. The second kappa shape index (κ2) is 6.50. The maximum Gasteiger partial charge on any atom is 0.303 e. The van der Waals surface area contributed by atoms with Gasteiger partial charge >= 0.3 is 5.97 Å². The Bertz CT molecular complexity index is 262. The van der Waals surface area contributed by atoms with E-state index in [-0.39, 0.29) is 6.42 Å². The summed E-state index contributed by atoms with van der Waals surface area (Å²) in [6, 6.07) is 0. The summed E-state index contributed by atoms with van der Waals surface area (Å²) in [5, 5.41) is 14.6. The van der Waals surface area contributed by atoms with Gasteiger partial charge in [-0.1, -0.05) is 0 Å². The van der Waals surface area contributed by atoms with E-state index in [1.807, 2.05) is 5.38 Å². The lowest BCUT2D eigenvalue weighted by Crippen LogP contribution is -2.19. The average Bonchev–Trinajstić information content (AvgIpc) is 2.63. The molecule has 1 heterocycles. The Balaban J connectivity index is 1.92. The minimum absolute atomic E-state index is 0.240. The fraction of sp³-hybridized carbons (Fsp3) is 0.556. The third-order valence-electron chi connectivity index (χ3n) is 1.74. The maximum absolute atomic E-state index is 10.2. The van der Waals surface area contributed by atoms with Gasteiger partial charge in [0.2, 0.25) is 0 Å². The summed E-state index contributed by atoms with van der Waals surface area (Å²) in [5.41, 5.74) is 0. The van der Waals surface area contributed by atoms with E-state index in [0.29, 0.717) is 6.42 Å². The van der Waals surface area contributed by atoms with Crippen LogP contribution < -0.4 is 5.32 Å².